The van der Waals surface area contributed by atoms with Crippen LogP contribution < -0.4 is 0 Å². The lowest BCUT2D eigenvalue weighted by Crippen LogP contribution is -2.55. The van der Waals surface area contributed by atoms with E-state index in [9.17, 15) is 10.4 Å². The van der Waals surface area contributed by atoms with Crippen LogP contribution in [0.2, 0.25) is 0 Å². The molecule has 0 aromatic heterocycles. The summed E-state index contributed by atoms with van der Waals surface area (Å²) < 4.78 is 0. The molecule has 0 bridgehead atoms. The zero-order valence-corrected chi connectivity index (χ0v) is 15.9. The van der Waals surface area contributed by atoms with Gasteiger partial charge in [0, 0.05) is 5.92 Å². The lowest BCUT2D eigenvalue weighted by Gasteiger charge is -2.62. The van der Waals surface area contributed by atoms with Crippen LogP contribution in [0.3, 0.4) is 0 Å². The van der Waals surface area contributed by atoms with E-state index in [1.165, 1.54) is 64.2 Å². The van der Waals surface area contributed by atoms with Crippen LogP contribution in [0.4, 0.5) is 0 Å². The fraction of sp³-hybridized carbons (Fsp3) is 0.957. The Balaban J connectivity index is 1.44. The molecule has 0 radical (unpaired) electrons. The van der Waals surface area contributed by atoms with Gasteiger partial charge in [-0.05, 0) is 117 Å². The van der Waals surface area contributed by atoms with Crippen molar-refractivity contribution < 1.29 is 5.11 Å². The van der Waals surface area contributed by atoms with E-state index in [1.807, 2.05) is 0 Å². The molecule has 2 heteroatoms. The van der Waals surface area contributed by atoms with Gasteiger partial charge in [-0.3, -0.25) is 0 Å². The van der Waals surface area contributed by atoms with Crippen LogP contribution in [0.25, 0.3) is 0 Å². The van der Waals surface area contributed by atoms with Crippen LogP contribution in [0, 0.1) is 57.7 Å². The van der Waals surface area contributed by atoms with Crippen molar-refractivity contribution in [3.63, 3.8) is 0 Å². The zero-order chi connectivity index (χ0) is 17.2. The highest BCUT2D eigenvalue weighted by atomic mass is 16.3. The average molecular weight is 342 g/mol. The van der Waals surface area contributed by atoms with Crippen molar-refractivity contribution in [2.24, 2.45) is 46.3 Å². The predicted octanol–water partition coefficient (Wildman–Crippen LogP) is 5.31. The number of hydrogen-bond acceptors (Lipinski definition) is 2. The van der Waals surface area contributed by atoms with Gasteiger partial charge < -0.3 is 5.11 Å². The minimum absolute atomic E-state index is 0.0323. The lowest BCUT2D eigenvalue weighted by molar-refractivity contribution is -0.138. The number of nitriles is 1. The third-order valence-electron chi connectivity index (χ3n) is 10.2. The molecule has 5 fully saturated rings. The summed E-state index contributed by atoms with van der Waals surface area (Å²) in [5.74, 6) is 4.77. The molecule has 0 aromatic carbocycles. The number of hydrogen-bond donors (Lipinski definition) is 1. The summed E-state index contributed by atoms with van der Waals surface area (Å²) in [6.45, 7) is 2.59. The summed E-state index contributed by atoms with van der Waals surface area (Å²) in [4.78, 5) is 0. The second-order valence-electron chi connectivity index (χ2n) is 10.7. The van der Waals surface area contributed by atoms with Gasteiger partial charge in [0.1, 0.15) is 0 Å². The molecule has 1 spiro atoms. The second kappa shape index (κ2) is 5.72. The van der Waals surface area contributed by atoms with Crippen molar-refractivity contribution in [2.75, 3.05) is 0 Å². The third-order valence-corrected chi connectivity index (χ3v) is 10.2. The molecule has 5 rings (SSSR count). The molecule has 25 heavy (non-hydrogen) atoms. The predicted molar refractivity (Wildman–Crippen MR) is 98.5 cm³/mol. The molecule has 2 nitrogen and oxygen atoms in total. The molecule has 5 aliphatic rings. The molecular weight excluding hydrogens is 306 g/mol. The topological polar surface area (TPSA) is 44.0 Å². The maximum atomic E-state index is 10.2. The Morgan fingerprint density at radius 1 is 0.880 bits per heavy atom. The molecule has 1 N–H and O–H groups in total. The van der Waals surface area contributed by atoms with Crippen LogP contribution in [0.5, 0.6) is 0 Å². The first kappa shape index (κ1) is 16.6. The molecule has 4 unspecified atom stereocenters. The van der Waals surface area contributed by atoms with Gasteiger partial charge in [-0.15, -0.1) is 0 Å². The van der Waals surface area contributed by atoms with Crippen molar-refractivity contribution in [1.29, 1.82) is 5.26 Å². The standard InChI is InChI=1S/C23H35NO/c1-22-10-8-18(25)12-17(22)4-6-19-20(22)9-11-23-13-15(14-24)2-3-16(23)5-7-21(19)23/h15-21,25H,2-13H2,1H3/t15?,16-,17-,18+,19?,20?,21?,22-,23-/m0/s1. The van der Waals surface area contributed by atoms with E-state index in [1.54, 1.807) is 0 Å². The number of nitrogens with zero attached hydrogens (tertiary/aromatic N) is 1. The van der Waals surface area contributed by atoms with Crippen molar-refractivity contribution in [3.8, 4) is 6.07 Å². The molecule has 5 saturated carbocycles. The van der Waals surface area contributed by atoms with Gasteiger partial charge in [0.25, 0.3) is 0 Å². The molecule has 0 heterocycles. The Hall–Kier alpha value is -0.550. The Kier molecular flexibility index (Phi) is 3.80. The molecule has 9 atom stereocenters. The van der Waals surface area contributed by atoms with E-state index in [-0.39, 0.29) is 6.10 Å². The second-order valence-corrected chi connectivity index (χ2v) is 10.7. The zero-order valence-electron chi connectivity index (χ0n) is 15.9. The highest BCUT2D eigenvalue weighted by Crippen LogP contribution is 2.70. The summed E-state index contributed by atoms with van der Waals surface area (Å²) in [5.41, 5.74) is 1.03. The summed E-state index contributed by atoms with van der Waals surface area (Å²) in [5, 5.41) is 19.8. The number of aliphatic hydroxyl groups is 1. The van der Waals surface area contributed by atoms with E-state index in [4.69, 9.17) is 0 Å². The van der Waals surface area contributed by atoms with Crippen LogP contribution >= 0.6 is 0 Å². The molecule has 0 amide bonds. The largest absolute Gasteiger partial charge is 0.393 e. The smallest absolute Gasteiger partial charge is 0.0656 e. The molecule has 138 valence electrons. The van der Waals surface area contributed by atoms with Gasteiger partial charge in [0.2, 0.25) is 0 Å². The van der Waals surface area contributed by atoms with Gasteiger partial charge >= 0.3 is 0 Å². The highest BCUT2D eigenvalue weighted by Gasteiger charge is 2.62. The van der Waals surface area contributed by atoms with E-state index in [0.29, 0.717) is 16.7 Å². The fourth-order valence-corrected chi connectivity index (χ4v) is 9.08. The van der Waals surface area contributed by atoms with E-state index in [0.717, 1.165) is 42.4 Å². The fourth-order valence-electron chi connectivity index (χ4n) is 9.08. The van der Waals surface area contributed by atoms with Gasteiger partial charge in [-0.2, -0.15) is 5.26 Å². The van der Waals surface area contributed by atoms with Crippen LogP contribution in [-0.4, -0.2) is 11.2 Å². The van der Waals surface area contributed by atoms with Crippen molar-refractivity contribution >= 4 is 0 Å². The number of fused-ring (bicyclic) bond motifs is 4. The maximum Gasteiger partial charge on any atom is 0.0656 e. The highest BCUT2D eigenvalue weighted by molar-refractivity contribution is 5.13. The minimum Gasteiger partial charge on any atom is -0.393 e. The molecular formula is C23H35NO. The summed E-state index contributed by atoms with van der Waals surface area (Å²) in [6, 6.07) is 2.65. The van der Waals surface area contributed by atoms with Gasteiger partial charge in [-0.25, -0.2) is 0 Å². The first-order valence-electron chi connectivity index (χ1n) is 11.1. The maximum absolute atomic E-state index is 10.2. The number of aliphatic hydroxyl groups excluding tert-OH is 1. The average Bonchev–Trinajstić information content (AvgIpc) is 3.01. The normalized spacial score (nSPS) is 57.6. The van der Waals surface area contributed by atoms with Crippen LogP contribution in [-0.2, 0) is 0 Å². The monoisotopic (exact) mass is 341 g/mol. The summed E-state index contributed by atoms with van der Waals surface area (Å²) in [6.07, 6.45) is 15.5. The Labute approximate surface area is 153 Å². The summed E-state index contributed by atoms with van der Waals surface area (Å²) >= 11 is 0. The van der Waals surface area contributed by atoms with E-state index in [2.05, 4.69) is 13.0 Å². The Morgan fingerprint density at radius 2 is 1.68 bits per heavy atom. The summed E-state index contributed by atoms with van der Waals surface area (Å²) in [7, 11) is 0. The minimum atomic E-state index is -0.0323. The van der Waals surface area contributed by atoms with Gasteiger partial charge in [0.05, 0.1) is 12.2 Å². The molecule has 0 aliphatic heterocycles. The third kappa shape index (κ3) is 2.24. The molecule has 5 aliphatic carbocycles. The van der Waals surface area contributed by atoms with Gasteiger partial charge in [-0.1, -0.05) is 6.92 Å². The van der Waals surface area contributed by atoms with Crippen molar-refractivity contribution in [2.45, 2.75) is 90.1 Å². The van der Waals surface area contributed by atoms with Crippen LogP contribution in [0.15, 0.2) is 0 Å². The molecule has 0 saturated heterocycles. The number of rotatable bonds is 0. The van der Waals surface area contributed by atoms with Crippen molar-refractivity contribution in [3.05, 3.63) is 0 Å². The lowest BCUT2D eigenvalue weighted by atomic mass is 9.43. The Morgan fingerprint density at radius 3 is 2.52 bits per heavy atom. The van der Waals surface area contributed by atoms with E-state index < -0.39 is 0 Å². The Bertz CT molecular complexity index is 581. The first-order chi connectivity index (χ1) is 12.1. The van der Waals surface area contributed by atoms with Gasteiger partial charge in [0.15, 0.2) is 0 Å². The van der Waals surface area contributed by atoms with E-state index >= 15 is 0 Å². The first-order valence-corrected chi connectivity index (χ1v) is 11.1. The van der Waals surface area contributed by atoms with Crippen LogP contribution in [0.1, 0.15) is 84.0 Å². The quantitative estimate of drug-likeness (QED) is 0.649. The SMILES string of the molecule is C[C@]12CC[C@@H](O)C[C@@H]1CCC1C3CC[C@@H]4CCC(C#N)C[C@]34CCC12. The molecule has 0 aromatic rings. The van der Waals surface area contributed by atoms with Crippen molar-refractivity contribution in [1.82, 2.24) is 0 Å².